The lowest BCUT2D eigenvalue weighted by atomic mass is 9.34. The molecule has 0 radical (unpaired) electrons. The highest BCUT2D eigenvalue weighted by Crippen LogP contribution is 2.46. The summed E-state index contributed by atoms with van der Waals surface area (Å²) in [6, 6.07) is 50.3. The molecule has 0 bridgehead atoms. The molecule has 46 heavy (non-hydrogen) atoms. The number of para-hydroxylation sites is 6. The number of rotatable bonds is 0. The Morgan fingerprint density at radius 3 is 1.59 bits per heavy atom. The van der Waals surface area contributed by atoms with Crippen molar-refractivity contribution in [2.75, 3.05) is 0 Å². The third-order valence-electron chi connectivity index (χ3n) is 11.3. The molecule has 4 aromatic heterocycles. The van der Waals surface area contributed by atoms with E-state index in [9.17, 15) is 0 Å². The SMILES string of the molecule is c1ccc2c(c1)c1cccc3c1n2-c1cc2c(c4c1B3c1cccc3c5ccccc5n-4c13)c1cccc3c4ccccc4n2c31. The van der Waals surface area contributed by atoms with Gasteiger partial charge in [-0.2, -0.15) is 0 Å². The topological polar surface area (TPSA) is 14.3 Å². The number of nitrogens with zero attached hydrogens (tertiary/aromatic N) is 3. The maximum absolute atomic E-state index is 2.62. The van der Waals surface area contributed by atoms with Gasteiger partial charge < -0.3 is 13.5 Å². The Bertz CT molecular complexity index is 3210. The first kappa shape index (κ1) is 22.5. The summed E-state index contributed by atoms with van der Waals surface area (Å²) in [4.78, 5) is 0. The van der Waals surface area contributed by atoms with E-state index in [0.717, 1.165) is 0 Å². The van der Waals surface area contributed by atoms with Crippen LogP contribution in [0, 0.1) is 0 Å². The van der Waals surface area contributed by atoms with E-state index >= 15 is 0 Å². The molecule has 2 aliphatic heterocycles. The van der Waals surface area contributed by atoms with Gasteiger partial charge in [-0.3, -0.25) is 0 Å². The van der Waals surface area contributed by atoms with Crippen LogP contribution in [-0.4, -0.2) is 20.2 Å². The number of fused-ring (bicyclic) bond motifs is 17. The minimum Gasteiger partial charge on any atom is -0.310 e. The Morgan fingerprint density at radius 2 is 0.891 bits per heavy atom. The van der Waals surface area contributed by atoms with Crippen LogP contribution >= 0.6 is 0 Å². The standard InChI is InChI=1S/C42H22BN3/c1-4-19-32-23(10-1)26-13-7-16-29-37-35(44(32)39(26)29)22-36-38-42(37)46-34-21-6-3-12-25(34)28-15-9-18-31(41(28)46)43(38)30-17-8-14-27-24-11-2-5-20-33(24)45(36)40(27)30/h1-22H. The van der Waals surface area contributed by atoms with E-state index in [-0.39, 0.29) is 6.71 Å². The molecule has 208 valence electrons. The third-order valence-corrected chi connectivity index (χ3v) is 11.3. The average Bonchev–Trinajstić information content (AvgIpc) is 3.84. The van der Waals surface area contributed by atoms with Gasteiger partial charge in [0.1, 0.15) is 0 Å². The lowest BCUT2D eigenvalue weighted by Gasteiger charge is -2.34. The molecule has 0 saturated carbocycles. The maximum atomic E-state index is 2.62. The first-order valence-electron chi connectivity index (χ1n) is 16.2. The summed E-state index contributed by atoms with van der Waals surface area (Å²) in [5.74, 6) is 0. The molecule has 3 nitrogen and oxygen atoms in total. The average molecular weight is 579 g/mol. The van der Waals surface area contributed by atoms with Gasteiger partial charge in [0, 0.05) is 59.8 Å². The second-order valence-electron chi connectivity index (χ2n) is 13.2. The zero-order valence-electron chi connectivity index (χ0n) is 24.6. The van der Waals surface area contributed by atoms with Crippen LogP contribution in [0.25, 0.3) is 93.1 Å². The molecule has 0 fully saturated rings. The van der Waals surface area contributed by atoms with Crippen molar-refractivity contribution in [3.8, 4) is 11.4 Å². The van der Waals surface area contributed by atoms with Crippen molar-refractivity contribution in [1.82, 2.24) is 13.5 Å². The smallest absolute Gasteiger partial charge is 0.252 e. The van der Waals surface area contributed by atoms with Gasteiger partial charge in [0.25, 0.3) is 6.71 Å². The molecule has 0 spiro atoms. The molecule has 4 heteroatoms. The fraction of sp³-hybridized carbons (Fsp3) is 0. The monoisotopic (exact) mass is 579 g/mol. The molecular formula is C42H22BN3. The van der Waals surface area contributed by atoms with Gasteiger partial charge in [-0.05, 0) is 40.7 Å². The summed E-state index contributed by atoms with van der Waals surface area (Å²) in [5.41, 5.74) is 15.9. The predicted molar refractivity (Wildman–Crippen MR) is 194 cm³/mol. The van der Waals surface area contributed by atoms with Crippen molar-refractivity contribution in [1.29, 1.82) is 0 Å². The van der Waals surface area contributed by atoms with E-state index in [0.29, 0.717) is 0 Å². The van der Waals surface area contributed by atoms with Gasteiger partial charge in [0.05, 0.1) is 33.3 Å². The largest absolute Gasteiger partial charge is 0.310 e. The van der Waals surface area contributed by atoms with Crippen LogP contribution in [-0.2, 0) is 0 Å². The lowest BCUT2D eigenvalue weighted by molar-refractivity contribution is 1.15. The highest BCUT2D eigenvalue weighted by atomic mass is 15.0. The summed E-state index contributed by atoms with van der Waals surface area (Å²) in [7, 11) is 0. The maximum Gasteiger partial charge on any atom is 0.252 e. The minimum atomic E-state index is 0.132. The predicted octanol–water partition coefficient (Wildman–Crippen LogP) is 8.17. The zero-order valence-corrected chi connectivity index (χ0v) is 24.6. The zero-order chi connectivity index (χ0) is 29.4. The summed E-state index contributed by atoms with van der Waals surface area (Å²) in [5, 5.41) is 10.6. The van der Waals surface area contributed by atoms with Crippen LogP contribution in [0.4, 0.5) is 0 Å². The van der Waals surface area contributed by atoms with E-state index in [2.05, 4.69) is 147 Å². The highest BCUT2D eigenvalue weighted by molar-refractivity contribution is 7.00. The second-order valence-corrected chi connectivity index (χ2v) is 13.2. The molecule has 0 atom stereocenters. The van der Waals surface area contributed by atoms with Gasteiger partial charge in [-0.15, -0.1) is 0 Å². The first-order valence-corrected chi connectivity index (χ1v) is 16.2. The molecule has 0 saturated heterocycles. The number of hydrogen-bond acceptors (Lipinski definition) is 0. The third kappa shape index (κ3) is 2.22. The van der Waals surface area contributed by atoms with E-state index in [4.69, 9.17) is 0 Å². The van der Waals surface area contributed by atoms with Crippen molar-refractivity contribution >= 4 is 105 Å². The molecule has 6 heterocycles. The minimum absolute atomic E-state index is 0.132. The molecule has 7 aromatic carbocycles. The molecule has 0 N–H and O–H groups in total. The highest BCUT2D eigenvalue weighted by Gasteiger charge is 2.42. The Hall–Kier alpha value is -6.00. The van der Waals surface area contributed by atoms with Gasteiger partial charge in [0.15, 0.2) is 0 Å². The van der Waals surface area contributed by atoms with Crippen LogP contribution in [0.1, 0.15) is 0 Å². The molecule has 0 amide bonds. The van der Waals surface area contributed by atoms with Crippen molar-refractivity contribution in [2.45, 2.75) is 0 Å². The van der Waals surface area contributed by atoms with Gasteiger partial charge >= 0.3 is 0 Å². The quantitative estimate of drug-likeness (QED) is 0.161. The Balaban J connectivity index is 1.40. The summed E-state index contributed by atoms with van der Waals surface area (Å²) in [6.45, 7) is 0.132. The molecular weight excluding hydrogens is 557 g/mol. The van der Waals surface area contributed by atoms with Crippen LogP contribution < -0.4 is 16.4 Å². The Kier molecular flexibility index (Phi) is 3.56. The van der Waals surface area contributed by atoms with E-state index in [1.54, 1.807) is 0 Å². The van der Waals surface area contributed by atoms with Gasteiger partial charge in [-0.25, -0.2) is 0 Å². The first-order chi connectivity index (χ1) is 22.9. The second kappa shape index (κ2) is 7.27. The fourth-order valence-electron chi connectivity index (χ4n) is 9.79. The summed E-state index contributed by atoms with van der Waals surface area (Å²) in [6.07, 6.45) is 0. The van der Waals surface area contributed by atoms with E-state index in [1.165, 1.54) is 109 Å². The van der Waals surface area contributed by atoms with Crippen molar-refractivity contribution in [2.24, 2.45) is 0 Å². The summed E-state index contributed by atoms with van der Waals surface area (Å²) < 4.78 is 7.75. The molecule has 0 aliphatic carbocycles. The normalized spacial score (nSPS) is 13.6. The molecule has 11 aromatic rings. The van der Waals surface area contributed by atoms with Crippen molar-refractivity contribution in [3.63, 3.8) is 0 Å². The lowest BCUT2D eigenvalue weighted by Crippen LogP contribution is -2.59. The van der Waals surface area contributed by atoms with E-state index < -0.39 is 0 Å². The number of aromatic nitrogens is 3. The molecule has 2 aliphatic rings. The van der Waals surface area contributed by atoms with Crippen molar-refractivity contribution < 1.29 is 0 Å². The Morgan fingerprint density at radius 1 is 0.391 bits per heavy atom. The number of hydrogen-bond donors (Lipinski definition) is 0. The summed E-state index contributed by atoms with van der Waals surface area (Å²) >= 11 is 0. The van der Waals surface area contributed by atoms with Crippen LogP contribution in [0.3, 0.4) is 0 Å². The Labute approximate surface area is 262 Å². The van der Waals surface area contributed by atoms with Crippen LogP contribution in [0.5, 0.6) is 0 Å². The molecule has 0 unspecified atom stereocenters. The van der Waals surface area contributed by atoms with Crippen molar-refractivity contribution in [3.05, 3.63) is 133 Å². The van der Waals surface area contributed by atoms with E-state index in [1.807, 2.05) is 0 Å². The van der Waals surface area contributed by atoms with Crippen LogP contribution in [0.15, 0.2) is 133 Å². The number of benzene rings is 7. The fourth-order valence-corrected chi connectivity index (χ4v) is 9.79. The van der Waals surface area contributed by atoms with Crippen LogP contribution in [0.2, 0.25) is 0 Å². The van der Waals surface area contributed by atoms with Gasteiger partial charge in [0.2, 0.25) is 0 Å². The molecule has 13 rings (SSSR count). The van der Waals surface area contributed by atoms with Gasteiger partial charge in [-0.1, -0.05) is 109 Å².